The standard InChI is InChI=1S/C29H33NO3/c1-5-6-7-21-8-10-22(11-9-21)20-30(27(31)28(32)33)26-18-14-24(15-19-26)23-12-16-25(17-13-23)29(2,3)4/h8-19H,5-7,20H2,1-4H3,(H,32,33). The van der Waals surface area contributed by atoms with Crippen LogP contribution in [-0.4, -0.2) is 17.0 Å². The first-order valence-corrected chi connectivity index (χ1v) is 11.5. The molecule has 0 saturated carbocycles. The molecule has 0 radical (unpaired) electrons. The number of rotatable bonds is 7. The van der Waals surface area contributed by atoms with Crippen LogP contribution in [0.5, 0.6) is 0 Å². The van der Waals surface area contributed by atoms with E-state index in [-0.39, 0.29) is 12.0 Å². The Balaban J connectivity index is 1.81. The maximum atomic E-state index is 12.5. The molecule has 0 atom stereocenters. The number of benzene rings is 3. The van der Waals surface area contributed by atoms with Crippen LogP contribution in [0.1, 0.15) is 57.2 Å². The lowest BCUT2D eigenvalue weighted by atomic mass is 9.86. The number of hydrogen-bond acceptors (Lipinski definition) is 2. The third-order valence-electron chi connectivity index (χ3n) is 5.87. The van der Waals surface area contributed by atoms with E-state index in [1.54, 1.807) is 0 Å². The average Bonchev–Trinajstić information content (AvgIpc) is 2.81. The summed E-state index contributed by atoms with van der Waals surface area (Å²) in [6.45, 7) is 8.92. The number of nitrogens with zero attached hydrogens (tertiary/aromatic N) is 1. The Morgan fingerprint density at radius 3 is 1.79 bits per heavy atom. The predicted molar refractivity (Wildman–Crippen MR) is 134 cm³/mol. The molecule has 0 fully saturated rings. The van der Waals surface area contributed by atoms with Gasteiger partial charge in [0.25, 0.3) is 0 Å². The summed E-state index contributed by atoms with van der Waals surface area (Å²) in [5.74, 6) is -2.40. The number of carboxylic acid groups (broad SMARTS) is 1. The first-order valence-electron chi connectivity index (χ1n) is 11.5. The number of hydrogen-bond donors (Lipinski definition) is 1. The largest absolute Gasteiger partial charge is 0.474 e. The van der Waals surface area contributed by atoms with E-state index in [1.807, 2.05) is 36.4 Å². The third kappa shape index (κ3) is 6.32. The van der Waals surface area contributed by atoms with Gasteiger partial charge in [-0.05, 0) is 58.2 Å². The van der Waals surface area contributed by atoms with E-state index in [9.17, 15) is 14.7 Å². The summed E-state index contributed by atoms with van der Waals surface area (Å²) in [4.78, 5) is 25.3. The first-order chi connectivity index (χ1) is 15.7. The van der Waals surface area contributed by atoms with Gasteiger partial charge in [0.05, 0.1) is 6.54 Å². The van der Waals surface area contributed by atoms with Gasteiger partial charge in [0.1, 0.15) is 0 Å². The predicted octanol–water partition coefficient (Wildman–Crippen LogP) is 6.61. The number of aryl methyl sites for hydroxylation is 1. The van der Waals surface area contributed by atoms with E-state index < -0.39 is 11.9 Å². The van der Waals surface area contributed by atoms with Crippen molar-refractivity contribution < 1.29 is 14.7 Å². The summed E-state index contributed by atoms with van der Waals surface area (Å²) in [5, 5.41) is 9.37. The monoisotopic (exact) mass is 443 g/mol. The van der Waals surface area contributed by atoms with Crippen LogP contribution in [0.2, 0.25) is 0 Å². The lowest BCUT2D eigenvalue weighted by Gasteiger charge is -2.22. The van der Waals surface area contributed by atoms with Crippen LogP contribution < -0.4 is 4.90 Å². The minimum Gasteiger partial charge on any atom is -0.474 e. The van der Waals surface area contributed by atoms with Crippen LogP contribution in [0.25, 0.3) is 11.1 Å². The van der Waals surface area contributed by atoms with Crippen molar-refractivity contribution in [1.82, 2.24) is 0 Å². The Bertz CT molecular complexity index is 1080. The molecule has 0 aliphatic carbocycles. The molecule has 172 valence electrons. The van der Waals surface area contributed by atoms with Gasteiger partial charge in [0.15, 0.2) is 0 Å². The number of amides is 1. The third-order valence-corrected chi connectivity index (χ3v) is 5.87. The number of aliphatic carboxylic acids is 1. The zero-order chi connectivity index (χ0) is 24.0. The Labute approximate surface area is 196 Å². The van der Waals surface area contributed by atoms with Crippen molar-refractivity contribution in [1.29, 1.82) is 0 Å². The highest BCUT2D eigenvalue weighted by Crippen LogP contribution is 2.28. The van der Waals surface area contributed by atoms with E-state index >= 15 is 0 Å². The van der Waals surface area contributed by atoms with E-state index in [2.05, 4.69) is 64.1 Å². The van der Waals surface area contributed by atoms with Crippen molar-refractivity contribution in [2.45, 2.75) is 58.9 Å². The van der Waals surface area contributed by atoms with Crippen molar-refractivity contribution in [2.24, 2.45) is 0 Å². The lowest BCUT2D eigenvalue weighted by molar-refractivity contribution is -0.148. The Morgan fingerprint density at radius 2 is 1.30 bits per heavy atom. The molecule has 0 bridgehead atoms. The highest BCUT2D eigenvalue weighted by molar-refractivity contribution is 6.37. The van der Waals surface area contributed by atoms with Gasteiger partial charge in [-0.15, -0.1) is 0 Å². The molecule has 1 N–H and O–H groups in total. The Morgan fingerprint density at radius 1 is 0.788 bits per heavy atom. The second kappa shape index (κ2) is 10.5. The topological polar surface area (TPSA) is 57.6 Å². The fourth-order valence-electron chi connectivity index (χ4n) is 3.77. The summed E-state index contributed by atoms with van der Waals surface area (Å²) in [7, 11) is 0. The quantitative estimate of drug-likeness (QED) is 0.418. The number of carbonyl (C=O) groups is 2. The molecule has 0 unspecified atom stereocenters. The highest BCUT2D eigenvalue weighted by Gasteiger charge is 2.23. The van der Waals surface area contributed by atoms with E-state index in [1.165, 1.54) is 16.0 Å². The van der Waals surface area contributed by atoms with Crippen LogP contribution in [0.4, 0.5) is 5.69 Å². The van der Waals surface area contributed by atoms with Crippen molar-refractivity contribution in [3.05, 3.63) is 89.5 Å². The molecule has 3 rings (SSSR count). The second-order valence-corrected chi connectivity index (χ2v) is 9.49. The molecule has 4 heteroatoms. The van der Waals surface area contributed by atoms with Crippen LogP contribution in [0, 0.1) is 0 Å². The molecule has 0 heterocycles. The van der Waals surface area contributed by atoms with E-state index in [4.69, 9.17) is 0 Å². The SMILES string of the molecule is CCCCc1ccc(CN(C(=O)C(=O)O)c2ccc(-c3ccc(C(C)(C)C)cc3)cc2)cc1. The van der Waals surface area contributed by atoms with Gasteiger partial charge >= 0.3 is 11.9 Å². The van der Waals surface area contributed by atoms with E-state index in [0.29, 0.717) is 5.69 Å². The maximum Gasteiger partial charge on any atom is 0.394 e. The van der Waals surface area contributed by atoms with Gasteiger partial charge in [0.2, 0.25) is 0 Å². The van der Waals surface area contributed by atoms with Gasteiger partial charge in [0, 0.05) is 5.69 Å². The molecule has 0 aromatic heterocycles. The van der Waals surface area contributed by atoms with Crippen molar-refractivity contribution in [3.8, 4) is 11.1 Å². The first kappa shape index (κ1) is 24.2. The second-order valence-electron chi connectivity index (χ2n) is 9.49. The fourth-order valence-corrected chi connectivity index (χ4v) is 3.77. The molecule has 0 aliphatic heterocycles. The minimum atomic E-state index is -1.46. The molecular formula is C29H33NO3. The number of unbranched alkanes of at least 4 members (excludes halogenated alkanes) is 1. The van der Waals surface area contributed by atoms with Crippen molar-refractivity contribution in [3.63, 3.8) is 0 Å². The zero-order valence-electron chi connectivity index (χ0n) is 20.0. The van der Waals surface area contributed by atoms with Crippen LogP contribution >= 0.6 is 0 Å². The summed E-state index contributed by atoms with van der Waals surface area (Å²) in [6.07, 6.45) is 3.29. The zero-order valence-corrected chi connectivity index (χ0v) is 20.0. The van der Waals surface area contributed by atoms with Gasteiger partial charge in [-0.25, -0.2) is 4.79 Å². The molecule has 4 nitrogen and oxygen atoms in total. The number of carboxylic acids is 1. The minimum absolute atomic E-state index is 0.0916. The molecular weight excluding hydrogens is 410 g/mol. The van der Waals surface area contributed by atoms with Gasteiger partial charge in [-0.3, -0.25) is 9.69 Å². The summed E-state index contributed by atoms with van der Waals surface area (Å²) in [5.41, 5.74) is 6.16. The normalized spacial score (nSPS) is 11.3. The summed E-state index contributed by atoms with van der Waals surface area (Å²) in [6, 6.07) is 24.0. The van der Waals surface area contributed by atoms with Gasteiger partial charge < -0.3 is 5.11 Å². The van der Waals surface area contributed by atoms with Gasteiger partial charge in [-0.1, -0.05) is 94.8 Å². The summed E-state index contributed by atoms with van der Waals surface area (Å²) >= 11 is 0. The molecule has 3 aromatic rings. The van der Waals surface area contributed by atoms with Gasteiger partial charge in [-0.2, -0.15) is 0 Å². The smallest absolute Gasteiger partial charge is 0.394 e. The molecule has 33 heavy (non-hydrogen) atoms. The lowest BCUT2D eigenvalue weighted by Crippen LogP contribution is -2.36. The van der Waals surface area contributed by atoms with Crippen LogP contribution in [0.15, 0.2) is 72.8 Å². The highest BCUT2D eigenvalue weighted by atomic mass is 16.4. The van der Waals surface area contributed by atoms with E-state index in [0.717, 1.165) is 36.0 Å². The molecule has 0 spiro atoms. The fraction of sp³-hybridized carbons (Fsp3) is 0.310. The van der Waals surface area contributed by atoms with Crippen molar-refractivity contribution >= 4 is 17.6 Å². The molecule has 0 saturated heterocycles. The summed E-state index contributed by atoms with van der Waals surface area (Å²) < 4.78 is 0. The van der Waals surface area contributed by atoms with Crippen LogP contribution in [-0.2, 0) is 28.0 Å². The maximum absolute atomic E-state index is 12.5. The number of carbonyl (C=O) groups excluding carboxylic acids is 1. The molecule has 0 aliphatic rings. The molecule has 3 aromatic carbocycles. The number of anilines is 1. The Hall–Kier alpha value is -3.40. The Kier molecular flexibility index (Phi) is 7.70. The van der Waals surface area contributed by atoms with Crippen molar-refractivity contribution in [2.75, 3.05) is 4.90 Å². The van der Waals surface area contributed by atoms with Crippen LogP contribution in [0.3, 0.4) is 0 Å². The average molecular weight is 444 g/mol. The molecule has 1 amide bonds.